The smallest absolute Gasteiger partial charge is 0.407 e. The fourth-order valence-corrected chi connectivity index (χ4v) is 3.50. The van der Waals surface area contributed by atoms with Gasteiger partial charge in [0.2, 0.25) is 0 Å². The van der Waals surface area contributed by atoms with E-state index in [2.05, 4.69) is 32.4 Å². The molecule has 1 amide bonds. The largest absolute Gasteiger partial charge is 0.465 e. The van der Waals surface area contributed by atoms with Gasteiger partial charge < -0.3 is 21.1 Å². The van der Waals surface area contributed by atoms with Crippen LogP contribution in [0.3, 0.4) is 0 Å². The van der Waals surface area contributed by atoms with Crippen LogP contribution >= 0.6 is 0 Å². The molecule has 144 valence electrons. The molecule has 3 aromatic rings. The van der Waals surface area contributed by atoms with Gasteiger partial charge in [0.15, 0.2) is 5.82 Å². The number of anilines is 1. The van der Waals surface area contributed by atoms with E-state index in [1.54, 1.807) is 0 Å². The van der Waals surface area contributed by atoms with Gasteiger partial charge in [-0.05, 0) is 36.6 Å². The van der Waals surface area contributed by atoms with Gasteiger partial charge in [0.1, 0.15) is 11.8 Å². The van der Waals surface area contributed by atoms with Gasteiger partial charge in [-0.2, -0.15) is 0 Å². The molecule has 0 radical (unpaired) electrons. The Labute approximate surface area is 162 Å². The van der Waals surface area contributed by atoms with Crippen molar-refractivity contribution in [1.29, 1.82) is 0 Å². The molecule has 8 nitrogen and oxygen atoms in total. The Kier molecular flexibility index (Phi) is 5.03. The SMILES string of the molecule is Nc1ncnc2ccc(-c3cccc(CNC4CCN(C(=O)O)CC4)c3)nc12. The second-order valence-corrected chi connectivity index (χ2v) is 6.95. The van der Waals surface area contributed by atoms with E-state index in [0.29, 0.717) is 30.5 Å². The maximum Gasteiger partial charge on any atom is 0.407 e. The van der Waals surface area contributed by atoms with Gasteiger partial charge in [0.25, 0.3) is 0 Å². The average molecular weight is 378 g/mol. The van der Waals surface area contributed by atoms with Crippen LogP contribution in [0, 0.1) is 0 Å². The van der Waals surface area contributed by atoms with E-state index >= 15 is 0 Å². The summed E-state index contributed by atoms with van der Waals surface area (Å²) in [5, 5.41) is 12.6. The highest BCUT2D eigenvalue weighted by Gasteiger charge is 2.21. The van der Waals surface area contributed by atoms with Crippen LogP contribution in [0.4, 0.5) is 10.6 Å². The van der Waals surface area contributed by atoms with Crippen LogP contribution < -0.4 is 11.1 Å². The number of likely N-dealkylation sites (tertiary alicyclic amines) is 1. The fourth-order valence-electron chi connectivity index (χ4n) is 3.50. The number of benzene rings is 1. The number of nitrogens with one attached hydrogen (secondary N) is 1. The number of hydrogen-bond donors (Lipinski definition) is 3. The van der Waals surface area contributed by atoms with Crippen molar-refractivity contribution in [2.75, 3.05) is 18.8 Å². The third-order valence-corrected chi connectivity index (χ3v) is 5.09. The van der Waals surface area contributed by atoms with Crippen molar-refractivity contribution >= 4 is 22.9 Å². The molecule has 1 aliphatic rings. The predicted octanol–water partition coefficient (Wildman–Crippen LogP) is 2.51. The van der Waals surface area contributed by atoms with Gasteiger partial charge in [-0.25, -0.2) is 19.7 Å². The van der Waals surface area contributed by atoms with Crippen LogP contribution in [0.5, 0.6) is 0 Å². The van der Waals surface area contributed by atoms with Gasteiger partial charge in [-0.3, -0.25) is 0 Å². The Morgan fingerprint density at radius 2 is 2.04 bits per heavy atom. The topological polar surface area (TPSA) is 117 Å². The number of hydrogen-bond acceptors (Lipinski definition) is 6. The quantitative estimate of drug-likeness (QED) is 0.638. The van der Waals surface area contributed by atoms with E-state index in [0.717, 1.165) is 41.7 Å². The molecule has 1 aliphatic heterocycles. The van der Waals surface area contributed by atoms with Crippen molar-refractivity contribution in [3.8, 4) is 11.3 Å². The van der Waals surface area contributed by atoms with Crippen molar-refractivity contribution in [2.45, 2.75) is 25.4 Å². The number of fused-ring (bicyclic) bond motifs is 1. The lowest BCUT2D eigenvalue weighted by molar-refractivity contribution is 0.129. The second kappa shape index (κ2) is 7.77. The van der Waals surface area contributed by atoms with Crippen molar-refractivity contribution in [3.63, 3.8) is 0 Å². The highest BCUT2D eigenvalue weighted by atomic mass is 16.4. The molecule has 0 atom stereocenters. The highest BCUT2D eigenvalue weighted by molar-refractivity contribution is 5.85. The summed E-state index contributed by atoms with van der Waals surface area (Å²) < 4.78 is 0. The first-order valence-electron chi connectivity index (χ1n) is 9.28. The number of amides is 1. The van der Waals surface area contributed by atoms with Crippen molar-refractivity contribution in [1.82, 2.24) is 25.2 Å². The minimum Gasteiger partial charge on any atom is -0.465 e. The van der Waals surface area contributed by atoms with E-state index in [-0.39, 0.29) is 0 Å². The third kappa shape index (κ3) is 3.86. The van der Waals surface area contributed by atoms with E-state index in [1.807, 2.05) is 24.3 Å². The van der Waals surface area contributed by atoms with Crippen LogP contribution in [0.15, 0.2) is 42.7 Å². The number of carbonyl (C=O) groups is 1. The van der Waals surface area contributed by atoms with Crippen LogP contribution in [-0.4, -0.2) is 50.2 Å². The molecule has 1 saturated heterocycles. The molecular weight excluding hydrogens is 356 g/mol. The highest BCUT2D eigenvalue weighted by Crippen LogP contribution is 2.23. The van der Waals surface area contributed by atoms with Crippen LogP contribution in [0.25, 0.3) is 22.3 Å². The molecule has 1 aromatic carbocycles. The standard InChI is InChI=1S/C20H22N6O2/c21-19-18-17(23-12-24-19)5-4-16(25-18)14-3-1-2-13(10-14)11-22-15-6-8-26(9-7-15)20(27)28/h1-5,10,12,15,22H,6-9,11H2,(H,27,28)(H2,21,23,24). The summed E-state index contributed by atoms with van der Waals surface area (Å²) in [6.45, 7) is 1.89. The Bertz CT molecular complexity index is 1000. The number of pyridine rings is 1. The summed E-state index contributed by atoms with van der Waals surface area (Å²) in [6.07, 6.45) is 2.27. The Hall–Kier alpha value is -3.26. The zero-order valence-electron chi connectivity index (χ0n) is 15.4. The van der Waals surface area contributed by atoms with Gasteiger partial charge in [0.05, 0.1) is 11.2 Å². The predicted molar refractivity (Wildman–Crippen MR) is 107 cm³/mol. The van der Waals surface area contributed by atoms with Crippen molar-refractivity contribution in [3.05, 3.63) is 48.3 Å². The van der Waals surface area contributed by atoms with Crippen molar-refractivity contribution in [2.24, 2.45) is 0 Å². The van der Waals surface area contributed by atoms with Gasteiger partial charge in [0, 0.05) is 31.2 Å². The monoisotopic (exact) mass is 378 g/mol. The maximum absolute atomic E-state index is 11.0. The Balaban J connectivity index is 1.45. The van der Waals surface area contributed by atoms with Gasteiger partial charge in [-0.15, -0.1) is 0 Å². The van der Waals surface area contributed by atoms with Crippen LogP contribution in [0.2, 0.25) is 0 Å². The molecule has 3 heterocycles. The van der Waals surface area contributed by atoms with E-state index in [9.17, 15) is 4.79 Å². The fraction of sp³-hybridized carbons (Fsp3) is 0.300. The summed E-state index contributed by atoms with van der Waals surface area (Å²) in [6, 6.07) is 12.4. The summed E-state index contributed by atoms with van der Waals surface area (Å²) in [5.74, 6) is 0.373. The normalized spacial score (nSPS) is 15.1. The molecule has 0 spiro atoms. The summed E-state index contributed by atoms with van der Waals surface area (Å²) in [7, 11) is 0. The lowest BCUT2D eigenvalue weighted by atomic mass is 10.0. The Morgan fingerprint density at radius 3 is 2.82 bits per heavy atom. The van der Waals surface area contributed by atoms with Crippen LogP contribution in [0.1, 0.15) is 18.4 Å². The number of rotatable bonds is 4. The maximum atomic E-state index is 11.0. The minimum absolute atomic E-state index is 0.329. The number of nitrogens with two attached hydrogens (primary N) is 1. The summed E-state index contributed by atoms with van der Waals surface area (Å²) in [4.78, 5) is 25.3. The molecule has 4 N–H and O–H groups in total. The first-order valence-corrected chi connectivity index (χ1v) is 9.28. The van der Waals surface area contributed by atoms with Gasteiger partial charge >= 0.3 is 6.09 Å². The third-order valence-electron chi connectivity index (χ3n) is 5.09. The Morgan fingerprint density at radius 1 is 1.21 bits per heavy atom. The summed E-state index contributed by atoms with van der Waals surface area (Å²) >= 11 is 0. The minimum atomic E-state index is -0.833. The molecule has 0 aliphatic carbocycles. The molecule has 0 bridgehead atoms. The zero-order valence-corrected chi connectivity index (χ0v) is 15.4. The zero-order chi connectivity index (χ0) is 19.5. The number of nitrogen functional groups attached to an aromatic ring is 1. The molecule has 1 fully saturated rings. The lowest BCUT2D eigenvalue weighted by Crippen LogP contribution is -2.44. The first-order chi connectivity index (χ1) is 13.6. The molecule has 8 heteroatoms. The molecular formula is C20H22N6O2. The molecule has 4 rings (SSSR count). The molecule has 2 aromatic heterocycles. The van der Waals surface area contributed by atoms with Crippen LogP contribution in [-0.2, 0) is 6.54 Å². The average Bonchev–Trinajstić information content (AvgIpc) is 2.73. The lowest BCUT2D eigenvalue weighted by Gasteiger charge is -2.30. The summed E-state index contributed by atoms with van der Waals surface area (Å²) in [5.41, 5.74) is 10.2. The van der Waals surface area contributed by atoms with E-state index < -0.39 is 6.09 Å². The van der Waals surface area contributed by atoms with Gasteiger partial charge in [-0.1, -0.05) is 18.2 Å². The van der Waals surface area contributed by atoms with E-state index in [1.165, 1.54) is 11.2 Å². The molecule has 0 unspecified atom stereocenters. The first kappa shape index (κ1) is 18.1. The van der Waals surface area contributed by atoms with Crippen molar-refractivity contribution < 1.29 is 9.90 Å². The second-order valence-electron chi connectivity index (χ2n) is 6.95. The number of piperidine rings is 1. The number of aromatic nitrogens is 3. The molecule has 0 saturated carbocycles. The van der Waals surface area contributed by atoms with E-state index in [4.69, 9.17) is 10.8 Å². The molecule has 28 heavy (non-hydrogen) atoms. The number of nitrogens with zero attached hydrogens (tertiary/aromatic N) is 4. The number of carboxylic acid groups (broad SMARTS) is 1.